The number of nitrogens with zero attached hydrogens (tertiary/aromatic N) is 2. The van der Waals surface area contributed by atoms with Gasteiger partial charge in [-0.1, -0.05) is 13.8 Å². The summed E-state index contributed by atoms with van der Waals surface area (Å²) >= 11 is 3.58. The zero-order valence-electron chi connectivity index (χ0n) is 13.0. The van der Waals surface area contributed by atoms with Crippen LogP contribution in [0.1, 0.15) is 31.0 Å². The van der Waals surface area contributed by atoms with E-state index in [-0.39, 0.29) is 0 Å². The molecule has 0 aliphatic heterocycles. The summed E-state index contributed by atoms with van der Waals surface area (Å²) in [5, 5.41) is 3.12. The van der Waals surface area contributed by atoms with E-state index in [0.29, 0.717) is 5.92 Å². The molecule has 1 aromatic heterocycles. The van der Waals surface area contributed by atoms with Gasteiger partial charge in [0.05, 0.1) is 17.3 Å². The predicted molar refractivity (Wildman–Crippen MR) is 90.1 cm³/mol. The minimum absolute atomic E-state index is 0.313. The van der Waals surface area contributed by atoms with Crippen molar-refractivity contribution in [1.29, 1.82) is 0 Å². The Hall–Kier alpha value is -1.62. The largest absolute Gasteiger partial charge is 0.496 e. The minimum atomic E-state index is 0.313. The van der Waals surface area contributed by atoms with E-state index in [4.69, 9.17) is 9.72 Å². The monoisotopic (exact) mass is 349 g/mol. The average Bonchev–Trinajstić information content (AvgIpc) is 2.47. The lowest BCUT2D eigenvalue weighted by atomic mass is 10.1. The number of anilines is 1. The Bertz CT molecular complexity index is 656. The van der Waals surface area contributed by atoms with E-state index < -0.39 is 0 Å². The second-order valence-electron chi connectivity index (χ2n) is 5.18. The van der Waals surface area contributed by atoms with Gasteiger partial charge in [-0.2, -0.15) is 0 Å². The zero-order valence-corrected chi connectivity index (χ0v) is 14.6. The molecule has 5 heteroatoms. The molecule has 1 N–H and O–H groups in total. The van der Waals surface area contributed by atoms with Crippen molar-refractivity contribution in [2.75, 3.05) is 19.5 Å². The minimum Gasteiger partial charge on any atom is -0.496 e. The predicted octanol–water partition coefficient (Wildman–Crippen LogP) is 4.39. The van der Waals surface area contributed by atoms with Crippen molar-refractivity contribution in [3.05, 3.63) is 33.9 Å². The molecule has 0 fully saturated rings. The Balaban J connectivity index is 2.58. The van der Waals surface area contributed by atoms with Crippen LogP contribution in [0.2, 0.25) is 0 Å². The highest BCUT2D eigenvalue weighted by Crippen LogP contribution is 2.32. The van der Waals surface area contributed by atoms with Gasteiger partial charge in [-0.15, -0.1) is 0 Å². The topological polar surface area (TPSA) is 47.0 Å². The Morgan fingerprint density at radius 2 is 1.95 bits per heavy atom. The number of halogens is 1. The number of nitrogens with one attached hydrogen (secondary N) is 1. The summed E-state index contributed by atoms with van der Waals surface area (Å²) in [6.07, 6.45) is 0. The molecule has 0 spiro atoms. The van der Waals surface area contributed by atoms with E-state index in [2.05, 4.69) is 40.1 Å². The first kappa shape index (κ1) is 15.8. The highest BCUT2D eigenvalue weighted by Gasteiger charge is 2.15. The van der Waals surface area contributed by atoms with Gasteiger partial charge in [-0.05, 0) is 52.5 Å². The molecule has 2 aromatic rings. The van der Waals surface area contributed by atoms with Crippen LogP contribution in [-0.2, 0) is 0 Å². The average molecular weight is 350 g/mol. The van der Waals surface area contributed by atoms with Crippen LogP contribution in [0, 0.1) is 6.92 Å². The van der Waals surface area contributed by atoms with Gasteiger partial charge in [0.15, 0.2) is 5.82 Å². The summed E-state index contributed by atoms with van der Waals surface area (Å²) in [4.78, 5) is 9.30. The van der Waals surface area contributed by atoms with Crippen molar-refractivity contribution in [3.8, 4) is 17.1 Å². The molecule has 0 saturated heterocycles. The first-order chi connectivity index (χ1) is 9.97. The SMILES string of the molecule is CNc1nc(-c2ccc(OC)c(C)c2)nc(C(C)C)c1Br. The van der Waals surface area contributed by atoms with Gasteiger partial charge in [0, 0.05) is 12.6 Å². The first-order valence-corrected chi connectivity index (χ1v) is 7.67. The van der Waals surface area contributed by atoms with E-state index in [1.807, 2.05) is 32.2 Å². The van der Waals surface area contributed by atoms with Crippen molar-refractivity contribution in [1.82, 2.24) is 9.97 Å². The van der Waals surface area contributed by atoms with Gasteiger partial charge in [0.25, 0.3) is 0 Å². The maximum atomic E-state index is 5.30. The number of benzene rings is 1. The highest BCUT2D eigenvalue weighted by atomic mass is 79.9. The number of rotatable bonds is 4. The van der Waals surface area contributed by atoms with Crippen molar-refractivity contribution < 1.29 is 4.74 Å². The lowest BCUT2D eigenvalue weighted by Crippen LogP contribution is -2.04. The van der Waals surface area contributed by atoms with E-state index in [1.54, 1.807) is 7.11 Å². The molecular weight excluding hydrogens is 330 g/mol. The second-order valence-corrected chi connectivity index (χ2v) is 5.98. The molecule has 0 aliphatic carbocycles. The molecule has 0 atom stereocenters. The van der Waals surface area contributed by atoms with Crippen molar-refractivity contribution >= 4 is 21.7 Å². The lowest BCUT2D eigenvalue weighted by molar-refractivity contribution is 0.412. The summed E-state index contributed by atoms with van der Waals surface area (Å²) in [7, 11) is 3.54. The summed E-state index contributed by atoms with van der Waals surface area (Å²) in [5.74, 6) is 2.70. The molecule has 0 bridgehead atoms. The maximum absolute atomic E-state index is 5.30. The van der Waals surface area contributed by atoms with Crippen LogP contribution in [0.5, 0.6) is 5.75 Å². The first-order valence-electron chi connectivity index (χ1n) is 6.88. The van der Waals surface area contributed by atoms with Gasteiger partial charge in [0.2, 0.25) is 0 Å². The highest BCUT2D eigenvalue weighted by molar-refractivity contribution is 9.10. The molecule has 1 aromatic carbocycles. The molecule has 1 heterocycles. The van der Waals surface area contributed by atoms with Crippen LogP contribution in [0.3, 0.4) is 0 Å². The van der Waals surface area contributed by atoms with E-state index in [9.17, 15) is 0 Å². The normalized spacial score (nSPS) is 10.8. The van der Waals surface area contributed by atoms with Crippen LogP contribution in [0.25, 0.3) is 11.4 Å². The number of aryl methyl sites for hydroxylation is 1. The second kappa shape index (κ2) is 6.43. The molecule has 112 valence electrons. The third-order valence-electron chi connectivity index (χ3n) is 3.31. The number of ether oxygens (including phenoxy) is 1. The third kappa shape index (κ3) is 3.18. The van der Waals surface area contributed by atoms with Crippen molar-refractivity contribution in [2.45, 2.75) is 26.7 Å². The molecule has 0 unspecified atom stereocenters. The van der Waals surface area contributed by atoms with Gasteiger partial charge in [0.1, 0.15) is 11.6 Å². The summed E-state index contributed by atoms with van der Waals surface area (Å²) in [6, 6.07) is 5.98. The molecule has 21 heavy (non-hydrogen) atoms. The Labute approximate surface area is 134 Å². The van der Waals surface area contributed by atoms with Gasteiger partial charge in [-0.3, -0.25) is 0 Å². The van der Waals surface area contributed by atoms with E-state index in [0.717, 1.165) is 38.7 Å². The van der Waals surface area contributed by atoms with Crippen molar-refractivity contribution in [3.63, 3.8) is 0 Å². The zero-order chi connectivity index (χ0) is 15.6. The van der Waals surface area contributed by atoms with Crippen LogP contribution in [0.15, 0.2) is 22.7 Å². The van der Waals surface area contributed by atoms with Crippen LogP contribution < -0.4 is 10.1 Å². The number of methoxy groups -OCH3 is 1. The molecule has 0 saturated carbocycles. The number of hydrogen-bond acceptors (Lipinski definition) is 4. The third-order valence-corrected chi connectivity index (χ3v) is 4.10. The Kier molecular flexibility index (Phi) is 4.83. The quantitative estimate of drug-likeness (QED) is 0.889. The smallest absolute Gasteiger partial charge is 0.161 e. The number of hydrogen-bond donors (Lipinski definition) is 1. The fourth-order valence-corrected chi connectivity index (χ4v) is 2.99. The van der Waals surface area contributed by atoms with Gasteiger partial charge in [-0.25, -0.2) is 9.97 Å². The number of aromatic nitrogens is 2. The van der Waals surface area contributed by atoms with Crippen LogP contribution in [0.4, 0.5) is 5.82 Å². The molecule has 4 nitrogen and oxygen atoms in total. The van der Waals surface area contributed by atoms with Gasteiger partial charge >= 0.3 is 0 Å². The molecule has 0 aliphatic rings. The molecule has 0 radical (unpaired) electrons. The standard InChI is InChI=1S/C16H20BrN3O/c1-9(2)14-13(17)16(18-4)20-15(19-14)11-6-7-12(21-5)10(3)8-11/h6-9H,1-5H3,(H,18,19,20). The maximum Gasteiger partial charge on any atom is 0.161 e. The summed E-state index contributed by atoms with van der Waals surface area (Å²) < 4.78 is 6.23. The van der Waals surface area contributed by atoms with Crippen LogP contribution >= 0.6 is 15.9 Å². The van der Waals surface area contributed by atoms with E-state index >= 15 is 0 Å². The fraction of sp³-hybridized carbons (Fsp3) is 0.375. The summed E-state index contributed by atoms with van der Waals surface area (Å²) in [5.41, 5.74) is 3.05. The molecule has 2 rings (SSSR count). The van der Waals surface area contributed by atoms with Crippen LogP contribution in [-0.4, -0.2) is 24.1 Å². The van der Waals surface area contributed by atoms with E-state index in [1.165, 1.54) is 0 Å². The fourth-order valence-electron chi connectivity index (χ4n) is 2.16. The Morgan fingerprint density at radius 1 is 1.24 bits per heavy atom. The van der Waals surface area contributed by atoms with Gasteiger partial charge < -0.3 is 10.1 Å². The van der Waals surface area contributed by atoms with Crippen molar-refractivity contribution in [2.24, 2.45) is 0 Å². The Morgan fingerprint density at radius 3 is 2.48 bits per heavy atom. The molecule has 0 amide bonds. The molecular formula is C16H20BrN3O. The summed E-state index contributed by atoms with van der Waals surface area (Å²) in [6.45, 7) is 6.26. The lowest BCUT2D eigenvalue weighted by Gasteiger charge is -2.14.